The summed E-state index contributed by atoms with van der Waals surface area (Å²) in [5.41, 5.74) is 42.1. The first-order valence-corrected chi connectivity index (χ1v) is 51.1. The fraction of sp³-hybridized carbons (Fsp3) is 0.0652. The average Bonchev–Trinajstić information content (AvgIpc) is 1.50. The van der Waals surface area contributed by atoms with E-state index in [1.54, 1.807) is 0 Å². The fourth-order valence-electron chi connectivity index (χ4n) is 24.1. The van der Waals surface area contributed by atoms with Crippen molar-refractivity contribution in [3.63, 3.8) is 0 Å². The predicted molar refractivity (Wildman–Crippen MR) is 608 cm³/mol. The van der Waals surface area contributed by atoms with Gasteiger partial charge in [0.15, 0.2) is 0 Å². The Morgan fingerprint density at radius 2 is 0.490 bits per heavy atom. The van der Waals surface area contributed by atoms with Crippen LogP contribution in [0.1, 0.15) is 78.5 Å². The zero-order valence-electron chi connectivity index (χ0n) is 81.0. The summed E-state index contributed by atoms with van der Waals surface area (Å²) < 4.78 is 0. The van der Waals surface area contributed by atoms with Crippen molar-refractivity contribution in [1.82, 2.24) is 44.9 Å². The lowest BCUT2D eigenvalue weighted by atomic mass is 9.70. The van der Waals surface area contributed by atoms with Crippen molar-refractivity contribution >= 4 is 97.7 Å². The van der Waals surface area contributed by atoms with Crippen LogP contribution in [0.15, 0.2) is 480 Å². The Morgan fingerprint density at radius 3 is 0.864 bits per heavy atom. The van der Waals surface area contributed by atoms with Gasteiger partial charge in [0, 0.05) is 87.6 Å². The fourth-order valence-corrected chi connectivity index (χ4v) is 24.1. The quantitative estimate of drug-likeness (QED) is 0.104. The average molecular weight is 1880 g/mol. The second kappa shape index (κ2) is 37.1. The third-order valence-electron chi connectivity index (χ3n) is 30.6. The lowest BCUT2D eigenvalue weighted by Crippen LogP contribution is -2.25. The van der Waals surface area contributed by atoms with Gasteiger partial charge in [0.05, 0.1) is 72.7 Å². The molecule has 0 N–H and O–H groups in total. The van der Waals surface area contributed by atoms with Gasteiger partial charge in [0.25, 0.3) is 0 Å². The zero-order chi connectivity index (χ0) is 97.4. The van der Waals surface area contributed by atoms with Gasteiger partial charge in [-0.05, 0) is 239 Å². The number of aromatic nitrogens is 9. The highest BCUT2D eigenvalue weighted by Gasteiger charge is 2.52. The Bertz CT molecular complexity index is 9440. The second-order valence-corrected chi connectivity index (χ2v) is 38.7. The highest BCUT2D eigenvalue weighted by molar-refractivity contribution is 6.25. The molecule has 0 radical (unpaired) electrons. The van der Waals surface area contributed by atoms with Crippen LogP contribution in [-0.2, 0) is 11.8 Å². The lowest BCUT2D eigenvalue weighted by molar-refractivity contribution is 0.437. The largest absolute Gasteiger partial charge is 0.264 e. The van der Waals surface area contributed by atoms with E-state index in [0.717, 1.165) is 124 Å². The van der Waals surface area contributed by atoms with Gasteiger partial charge in [0.2, 0.25) is 0 Å². The number of benzene rings is 20. The number of hydrogen-bond donors (Lipinski definition) is 0. The Balaban J connectivity index is 0.000000112. The number of fused-ring (bicyclic) bond motifs is 19. The highest BCUT2D eigenvalue weighted by Crippen LogP contribution is 2.64. The summed E-state index contributed by atoms with van der Waals surface area (Å²) in [6, 6.07) is 159. The lowest BCUT2D eigenvalue weighted by Gasteiger charge is -2.30. The molecular weight excluding hydrogens is 1780 g/mol. The van der Waals surface area contributed by atoms with E-state index in [0.29, 0.717) is 5.92 Å². The van der Waals surface area contributed by atoms with E-state index < -0.39 is 5.41 Å². The van der Waals surface area contributed by atoms with Gasteiger partial charge in [-0.3, -0.25) is 15.0 Å². The molecule has 6 heterocycles. The maximum absolute atomic E-state index is 5.43. The van der Waals surface area contributed by atoms with Crippen molar-refractivity contribution in [2.45, 2.75) is 56.8 Å². The molecule has 20 aromatic carbocycles. The van der Waals surface area contributed by atoms with Crippen molar-refractivity contribution in [3.05, 3.63) is 514 Å². The summed E-state index contributed by atoms with van der Waals surface area (Å²) in [6.45, 7) is 2.17. The van der Waals surface area contributed by atoms with Crippen LogP contribution in [0.4, 0.5) is 0 Å². The molecular formula is C138H95N9. The number of para-hydroxylation sites is 5. The molecule has 0 amide bonds. The summed E-state index contributed by atoms with van der Waals surface area (Å²) in [6.07, 6.45) is 18.6. The van der Waals surface area contributed by atoms with E-state index in [4.69, 9.17) is 29.9 Å². The minimum Gasteiger partial charge on any atom is -0.264 e. The number of rotatable bonds is 13. The smallest absolute Gasteiger partial charge is 0.0973 e. The van der Waals surface area contributed by atoms with E-state index in [1.165, 1.54) is 191 Å². The molecule has 1 saturated carbocycles. The summed E-state index contributed by atoms with van der Waals surface area (Å²) >= 11 is 0. The van der Waals surface area contributed by atoms with Crippen LogP contribution in [-0.4, -0.2) is 44.9 Å². The molecule has 9 heteroatoms. The number of hydrogen-bond acceptors (Lipinski definition) is 9. The molecule has 0 saturated heterocycles. The maximum atomic E-state index is 5.43. The van der Waals surface area contributed by atoms with Gasteiger partial charge >= 0.3 is 0 Å². The van der Waals surface area contributed by atoms with Crippen LogP contribution in [0.2, 0.25) is 0 Å². The third-order valence-corrected chi connectivity index (χ3v) is 30.6. The van der Waals surface area contributed by atoms with Crippen molar-refractivity contribution in [2.24, 2.45) is 0 Å². The zero-order valence-corrected chi connectivity index (χ0v) is 81.0. The molecule has 147 heavy (non-hydrogen) atoms. The molecule has 1 fully saturated rings. The Labute approximate surface area is 852 Å². The SMILES string of the molecule is CCc1cccc2nc(-c3ccc(-c4c5ccccc5c(-c5cccnc5)c5ccccc45)cc3)c(-c3ccccc3)nc12.c1cncc(-c2c3ccccc3c(-c3ccc(-c4nc5ccccc5nc4-c4ccc5c(c4)C4(c6ccccc6-c6ccccc64)c4ccccc4-5)cc3)c3ccccc23)c1.c1cncc(-c2c3ccccc3c(-c3ccc(-c4nc5ccccc5nc4C4CCCCC4)cc3)c3ccccc23)c1. The normalized spacial score (nSPS) is 12.9. The van der Waals surface area contributed by atoms with Gasteiger partial charge in [-0.2, -0.15) is 0 Å². The van der Waals surface area contributed by atoms with Crippen LogP contribution < -0.4 is 0 Å². The van der Waals surface area contributed by atoms with E-state index in [1.807, 2.05) is 73.6 Å². The van der Waals surface area contributed by atoms with Crippen LogP contribution in [0, 0.1) is 0 Å². The topological polar surface area (TPSA) is 116 Å². The molecule has 9 nitrogen and oxygen atoms in total. The van der Waals surface area contributed by atoms with Crippen LogP contribution in [0.3, 0.4) is 0 Å². The van der Waals surface area contributed by atoms with Gasteiger partial charge in [0.1, 0.15) is 0 Å². The minimum absolute atomic E-state index is 0.445. The summed E-state index contributed by atoms with van der Waals surface area (Å²) in [5.74, 6) is 0.471. The maximum Gasteiger partial charge on any atom is 0.0973 e. The summed E-state index contributed by atoms with van der Waals surface area (Å²) in [7, 11) is 0. The second-order valence-electron chi connectivity index (χ2n) is 38.7. The van der Waals surface area contributed by atoms with E-state index in [9.17, 15) is 0 Å². The number of nitrogens with zero attached hydrogens (tertiary/aromatic N) is 9. The molecule has 3 aliphatic carbocycles. The molecule has 692 valence electrons. The highest BCUT2D eigenvalue weighted by atomic mass is 14.9. The standard InChI is InChI=1S/C58H35N3.C41H29N3.C39H31N3/c1-3-20-46-44(18-1)54(45-19-2-4-21-47(45)55(46)39-14-13-33-59-35-39)36-27-29-37(30-28-36)56-57(61-53-26-12-11-25-52(53)60-56)38-31-32-43-42-17-7-10-24-50(42)58(51(43)34-38)48-22-8-5-15-40(48)41-16-6-9-23-49(41)58;1-2-27-14-10-20-36-39(27)44-41(29-12-4-3-5-13-29)40(43-36)30-23-21-28(22-24-30)37-32-16-6-8-18-34(32)38(31-15-11-25-42-26-31)35-19-9-7-17-33(35)37;1-2-11-27(12-3-1)38-39(42-35-19-9-8-18-34(35)41-38)28-22-20-26(21-23-28)36-30-14-4-6-16-32(30)37(29-13-10-24-40-25-29)33-17-7-5-15-31(33)36/h1-35H;3-26H,2H2,1H3;4-10,13-25,27H,1-3,11-12H2. The van der Waals surface area contributed by atoms with E-state index in [2.05, 4.69) is 428 Å². The van der Waals surface area contributed by atoms with Crippen molar-refractivity contribution in [1.29, 1.82) is 0 Å². The Morgan fingerprint density at radius 1 is 0.211 bits per heavy atom. The van der Waals surface area contributed by atoms with E-state index >= 15 is 0 Å². The first-order chi connectivity index (χ1) is 72.9. The van der Waals surface area contributed by atoms with Gasteiger partial charge < -0.3 is 0 Å². The van der Waals surface area contributed by atoms with Gasteiger partial charge in [-0.25, -0.2) is 29.9 Å². The van der Waals surface area contributed by atoms with Crippen molar-refractivity contribution < 1.29 is 0 Å². The Kier molecular flexibility index (Phi) is 22.0. The first kappa shape index (κ1) is 87.4. The van der Waals surface area contributed by atoms with Crippen molar-refractivity contribution in [2.75, 3.05) is 0 Å². The van der Waals surface area contributed by atoms with Crippen molar-refractivity contribution in [3.8, 4) is 145 Å². The third kappa shape index (κ3) is 15.0. The van der Waals surface area contributed by atoms with Crippen LogP contribution in [0.5, 0.6) is 0 Å². The molecule has 0 unspecified atom stereocenters. The van der Waals surface area contributed by atoms with Gasteiger partial charge in [-0.1, -0.05) is 414 Å². The molecule has 0 atom stereocenters. The monoisotopic (exact) mass is 1880 g/mol. The van der Waals surface area contributed by atoms with Gasteiger partial charge in [-0.15, -0.1) is 0 Å². The Hall–Kier alpha value is -18.6. The molecule has 29 rings (SSSR count). The summed E-state index contributed by atoms with van der Waals surface area (Å²) in [4.78, 5) is 45.0. The predicted octanol–water partition coefficient (Wildman–Crippen LogP) is 35.3. The summed E-state index contributed by atoms with van der Waals surface area (Å²) in [5, 5.41) is 14.7. The molecule has 26 aromatic rings. The van der Waals surface area contributed by atoms with Crippen LogP contribution >= 0.6 is 0 Å². The molecule has 3 aliphatic rings. The van der Waals surface area contributed by atoms with E-state index in [-0.39, 0.29) is 0 Å². The minimum atomic E-state index is -0.445. The van der Waals surface area contributed by atoms with Crippen LogP contribution in [0.25, 0.3) is 243 Å². The molecule has 1 spiro atoms. The number of aryl methyl sites for hydroxylation is 1. The molecule has 0 bridgehead atoms. The molecule has 6 aromatic heterocycles. The number of pyridine rings is 3. The first-order valence-electron chi connectivity index (χ1n) is 51.1. The molecule has 0 aliphatic heterocycles.